The highest BCUT2D eigenvalue weighted by atomic mass is 35.5. The lowest BCUT2D eigenvalue weighted by atomic mass is 10.0. The standard InChI is InChI=1S/C15H19NO2.ClH/c1-10(2)16-6-5-11-3-4-12-8-14(17)15(18)9-13(12)7-11;/h3-4,7-10,16-18H,5-6H2,1-2H3;1H. The van der Waals surface area contributed by atoms with E-state index in [0.29, 0.717) is 6.04 Å². The fourth-order valence-corrected chi connectivity index (χ4v) is 1.98. The van der Waals surface area contributed by atoms with E-state index in [2.05, 4.69) is 31.3 Å². The highest BCUT2D eigenvalue weighted by Crippen LogP contribution is 2.30. The number of phenols is 2. The van der Waals surface area contributed by atoms with Crippen molar-refractivity contribution in [2.24, 2.45) is 0 Å². The van der Waals surface area contributed by atoms with Crippen LogP contribution in [-0.4, -0.2) is 22.8 Å². The van der Waals surface area contributed by atoms with Crippen LogP contribution in [0.1, 0.15) is 19.4 Å². The summed E-state index contributed by atoms with van der Waals surface area (Å²) in [6, 6.07) is 9.76. The maximum absolute atomic E-state index is 9.49. The average molecular weight is 282 g/mol. The van der Waals surface area contributed by atoms with Crippen LogP contribution in [0.15, 0.2) is 30.3 Å². The highest BCUT2D eigenvalue weighted by molar-refractivity contribution is 5.86. The van der Waals surface area contributed by atoms with Crippen molar-refractivity contribution in [2.45, 2.75) is 26.3 Å². The Kier molecular flexibility index (Phi) is 5.45. The maximum atomic E-state index is 9.49. The van der Waals surface area contributed by atoms with Gasteiger partial charge in [0.1, 0.15) is 0 Å². The first-order valence-corrected chi connectivity index (χ1v) is 6.24. The predicted octanol–water partition coefficient (Wildman–Crippen LogP) is 3.21. The zero-order valence-corrected chi connectivity index (χ0v) is 12.0. The van der Waals surface area contributed by atoms with Crippen LogP contribution in [0, 0.1) is 0 Å². The summed E-state index contributed by atoms with van der Waals surface area (Å²) in [6.45, 7) is 5.19. The summed E-state index contributed by atoms with van der Waals surface area (Å²) < 4.78 is 0. The van der Waals surface area contributed by atoms with Crippen molar-refractivity contribution in [1.82, 2.24) is 5.32 Å². The van der Waals surface area contributed by atoms with Gasteiger partial charge in [-0.25, -0.2) is 0 Å². The second-order valence-electron chi connectivity index (χ2n) is 4.88. The molecule has 2 rings (SSSR count). The minimum atomic E-state index is -0.0725. The molecule has 0 heterocycles. The molecule has 0 unspecified atom stereocenters. The number of phenolic OH excluding ortho intramolecular Hbond substituents is 2. The third-order valence-corrected chi connectivity index (χ3v) is 2.96. The van der Waals surface area contributed by atoms with Gasteiger partial charge in [0, 0.05) is 6.04 Å². The van der Waals surface area contributed by atoms with Crippen molar-refractivity contribution in [1.29, 1.82) is 0 Å². The summed E-state index contributed by atoms with van der Waals surface area (Å²) in [7, 11) is 0. The molecule has 3 nitrogen and oxygen atoms in total. The van der Waals surface area contributed by atoms with Crippen molar-refractivity contribution in [3.8, 4) is 11.5 Å². The molecule has 0 saturated carbocycles. The lowest BCUT2D eigenvalue weighted by molar-refractivity contribution is 0.405. The molecule has 0 aromatic heterocycles. The van der Waals surface area contributed by atoms with Crippen molar-refractivity contribution in [3.63, 3.8) is 0 Å². The smallest absolute Gasteiger partial charge is 0.158 e. The van der Waals surface area contributed by atoms with Crippen LogP contribution in [0.3, 0.4) is 0 Å². The molecule has 0 radical (unpaired) electrons. The number of nitrogens with one attached hydrogen (secondary N) is 1. The van der Waals surface area contributed by atoms with E-state index >= 15 is 0 Å². The third-order valence-electron chi connectivity index (χ3n) is 2.96. The van der Waals surface area contributed by atoms with E-state index in [1.54, 1.807) is 12.1 Å². The van der Waals surface area contributed by atoms with Gasteiger partial charge in [-0.2, -0.15) is 0 Å². The molecule has 3 N–H and O–H groups in total. The molecule has 0 spiro atoms. The zero-order valence-electron chi connectivity index (χ0n) is 11.2. The van der Waals surface area contributed by atoms with Crippen molar-refractivity contribution >= 4 is 23.2 Å². The Morgan fingerprint density at radius 2 is 1.63 bits per heavy atom. The Morgan fingerprint density at radius 1 is 1.00 bits per heavy atom. The van der Waals surface area contributed by atoms with Gasteiger partial charge in [-0.05, 0) is 41.4 Å². The Hall–Kier alpha value is -1.45. The summed E-state index contributed by atoms with van der Waals surface area (Å²) in [5.41, 5.74) is 1.22. The fourth-order valence-electron chi connectivity index (χ4n) is 1.98. The maximum Gasteiger partial charge on any atom is 0.158 e. The number of aromatic hydroxyl groups is 2. The van der Waals surface area contributed by atoms with Crippen LogP contribution < -0.4 is 5.32 Å². The quantitative estimate of drug-likeness (QED) is 0.754. The highest BCUT2D eigenvalue weighted by Gasteiger charge is 2.03. The van der Waals surface area contributed by atoms with Gasteiger partial charge in [0.15, 0.2) is 11.5 Å². The van der Waals surface area contributed by atoms with E-state index in [4.69, 9.17) is 0 Å². The number of benzene rings is 2. The van der Waals surface area contributed by atoms with Crippen LogP contribution in [0.25, 0.3) is 10.8 Å². The molecule has 2 aromatic carbocycles. The van der Waals surface area contributed by atoms with Gasteiger partial charge in [0.05, 0.1) is 0 Å². The molecule has 2 aromatic rings. The van der Waals surface area contributed by atoms with Crippen molar-refractivity contribution in [2.75, 3.05) is 6.54 Å². The largest absolute Gasteiger partial charge is 0.504 e. The van der Waals surface area contributed by atoms with Crippen molar-refractivity contribution < 1.29 is 10.2 Å². The average Bonchev–Trinajstić information content (AvgIpc) is 2.30. The minimum absolute atomic E-state index is 0. The van der Waals surface area contributed by atoms with Gasteiger partial charge in [0.25, 0.3) is 0 Å². The molecular weight excluding hydrogens is 262 g/mol. The topological polar surface area (TPSA) is 52.5 Å². The van der Waals surface area contributed by atoms with E-state index in [9.17, 15) is 10.2 Å². The van der Waals surface area contributed by atoms with Gasteiger partial charge in [-0.1, -0.05) is 32.0 Å². The molecule has 0 aliphatic rings. The Morgan fingerprint density at radius 3 is 2.26 bits per heavy atom. The monoisotopic (exact) mass is 281 g/mol. The molecule has 19 heavy (non-hydrogen) atoms. The van der Waals surface area contributed by atoms with Gasteiger partial charge < -0.3 is 15.5 Å². The van der Waals surface area contributed by atoms with Crippen LogP contribution in [-0.2, 0) is 6.42 Å². The zero-order chi connectivity index (χ0) is 13.1. The molecule has 0 bridgehead atoms. The fraction of sp³-hybridized carbons (Fsp3) is 0.333. The minimum Gasteiger partial charge on any atom is -0.504 e. The number of hydrogen-bond donors (Lipinski definition) is 3. The molecule has 0 aliphatic heterocycles. The Balaban J connectivity index is 0.00000180. The normalized spacial score (nSPS) is 10.7. The molecule has 104 valence electrons. The lowest BCUT2D eigenvalue weighted by Gasteiger charge is -2.09. The Labute approximate surface area is 119 Å². The second-order valence-corrected chi connectivity index (χ2v) is 4.88. The number of hydrogen-bond acceptors (Lipinski definition) is 3. The number of rotatable bonds is 4. The van der Waals surface area contributed by atoms with Crippen LogP contribution in [0.5, 0.6) is 11.5 Å². The summed E-state index contributed by atoms with van der Waals surface area (Å²) in [6.07, 6.45) is 0.954. The van der Waals surface area contributed by atoms with E-state index < -0.39 is 0 Å². The number of fused-ring (bicyclic) bond motifs is 1. The van der Waals surface area contributed by atoms with Crippen LogP contribution in [0.2, 0.25) is 0 Å². The van der Waals surface area contributed by atoms with E-state index in [1.165, 1.54) is 5.56 Å². The first kappa shape index (κ1) is 15.6. The Bertz CT molecular complexity index is 555. The SMILES string of the molecule is CC(C)NCCc1ccc2cc(O)c(O)cc2c1.Cl. The van der Waals surface area contributed by atoms with Crippen molar-refractivity contribution in [3.05, 3.63) is 35.9 Å². The van der Waals surface area contributed by atoms with E-state index in [0.717, 1.165) is 23.7 Å². The van der Waals surface area contributed by atoms with E-state index in [-0.39, 0.29) is 23.9 Å². The molecule has 0 saturated heterocycles. The van der Waals surface area contributed by atoms with E-state index in [1.807, 2.05) is 6.07 Å². The van der Waals surface area contributed by atoms with Crippen LogP contribution >= 0.6 is 12.4 Å². The van der Waals surface area contributed by atoms with Gasteiger partial charge >= 0.3 is 0 Å². The first-order chi connectivity index (χ1) is 8.56. The lowest BCUT2D eigenvalue weighted by Crippen LogP contribution is -2.24. The van der Waals surface area contributed by atoms with Gasteiger partial charge in [-0.3, -0.25) is 0 Å². The summed E-state index contributed by atoms with van der Waals surface area (Å²) >= 11 is 0. The molecule has 0 amide bonds. The second kappa shape index (κ2) is 6.64. The predicted molar refractivity (Wildman–Crippen MR) is 81.4 cm³/mol. The van der Waals surface area contributed by atoms with Crippen LogP contribution in [0.4, 0.5) is 0 Å². The molecule has 0 fully saturated rings. The molecule has 0 aliphatic carbocycles. The van der Waals surface area contributed by atoms with Gasteiger partial charge in [-0.15, -0.1) is 12.4 Å². The summed E-state index contributed by atoms with van der Waals surface area (Å²) in [4.78, 5) is 0. The summed E-state index contributed by atoms with van der Waals surface area (Å²) in [5, 5.41) is 24.2. The first-order valence-electron chi connectivity index (χ1n) is 6.24. The molecule has 0 atom stereocenters. The molecule has 4 heteroatoms. The van der Waals surface area contributed by atoms with Gasteiger partial charge in [0.2, 0.25) is 0 Å². The third kappa shape index (κ3) is 4.01. The summed E-state index contributed by atoms with van der Waals surface area (Å²) in [5.74, 6) is -0.142. The molecular formula is C15H20ClNO2. The number of halogens is 1.